The summed E-state index contributed by atoms with van der Waals surface area (Å²) in [7, 11) is 0. The molecule has 0 amide bonds. The van der Waals surface area contributed by atoms with Gasteiger partial charge >= 0.3 is 5.69 Å². The lowest BCUT2D eigenvalue weighted by atomic mass is 10.6. The third kappa shape index (κ3) is 1.36. The summed E-state index contributed by atoms with van der Waals surface area (Å²) in [5, 5.41) is 3.89. The molecule has 5 heteroatoms. The predicted octanol–water partition coefficient (Wildman–Crippen LogP) is 0.183. The smallest absolute Gasteiger partial charge is 0.267 e. The molecule has 0 spiro atoms. The average Bonchev–Trinajstić information content (AvgIpc) is 2.32. The van der Waals surface area contributed by atoms with Gasteiger partial charge in [-0.15, -0.1) is 18.0 Å². The van der Waals surface area contributed by atoms with Crippen molar-refractivity contribution in [2.45, 2.75) is 19.5 Å². The summed E-state index contributed by atoms with van der Waals surface area (Å²) in [6.45, 7) is 1.95. The number of rotatable bonds is 2. The maximum absolute atomic E-state index is 11.3. The largest absolute Gasteiger partial charge is 0.347 e. The number of hydrogen-bond donors (Lipinski definition) is 0. The second-order valence-corrected chi connectivity index (χ2v) is 2.48. The monoisotopic (exact) mass is 185 g/mol. The van der Waals surface area contributed by atoms with Crippen LogP contribution in [0, 0.1) is 19.3 Å². The highest BCUT2D eigenvalue weighted by Crippen LogP contribution is 1.90. The number of terminal acetylenes is 1. The van der Waals surface area contributed by atoms with Gasteiger partial charge in [0, 0.05) is 0 Å². The van der Waals surface area contributed by atoms with E-state index in [1.165, 1.54) is 4.57 Å². The van der Waals surface area contributed by atoms with Gasteiger partial charge in [0.1, 0.15) is 11.8 Å². The molecule has 0 aromatic carbocycles. The van der Waals surface area contributed by atoms with Crippen molar-refractivity contribution in [3.05, 3.63) is 16.3 Å². The maximum atomic E-state index is 11.3. The lowest BCUT2D eigenvalue weighted by Crippen LogP contribution is -2.23. The molecule has 0 aliphatic heterocycles. The minimum absolute atomic E-state index is 0.0528. The van der Waals surface area contributed by atoms with Crippen LogP contribution in [-0.4, -0.2) is 14.3 Å². The molecule has 0 bridgehead atoms. The van der Waals surface area contributed by atoms with Crippen LogP contribution in [0.25, 0.3) is 0 Å². The zero-order chi connectivity index (χ0) is 9.14. The van der Waals surface area contributed by atoms with Gasteiger partial charge in [0.15, 0.2) is 0 Å². The van der Waals surface area contributed by atoms with Crippen LogP contribution < -0.4 is 5.69 Å². The first kappa shape index (κ1) is 8.88. The Morgan fingerprint density at radius 1 is 1.75 bits per heavy atom. The SMILES string of the molecule is C#CCn1c(C)nn(CCl)c1=O. The Morgan fingerprint density at radius 3 is 2.83 bits per heavy atom. The molecule has 0 saturated heterocycles. The summed E-state index contributed by atoms with van der Waals surface area (Å²) < 4.78 is 2.55. The predicted molar refractivity (Wildman–Crippen MR) is 45.9 cm³/mol. The first-order valence-corrected chi connectivity index (χ1v) is 3.88. The van der Waals surface area contributed by atoms with Gasteiger partial charge < -0.3 is 0 Å². The molecule has 1 heterocycles. The van der Waals surface area contributed by atoms with Gasteiger partial charge in [0.25, 0.3) is 0 Å². The van der Waals surface area contributed by atoms with Crippen LogP contribution in [0.1, 0.15) is 5.82 Å². The Balaban J connectivity index is 3.21. The number of hydrogen-bond acceptors (Lipinski definition) is 2. The highest BCUT2D eigenvalue weighted by atomic mass is 35.5. The average molecular weight is 186 g/mol. The highest BCUT2D eigenvalue weighted by Gasteiger charge is 2.06. The third-order valence-electron chi connectivity index (χ3n) is 1.47. The van der Waals surface area contributed by atoms with Crippen LogP contribution in [0.2, 0.25) is 0 Å². The number of nitrogens with zero attached hydrogens (tertiary/aromatic N) is 3. The van der Waals surface area contributed by atoms with Gasteiger partial charge in [0.05, 0.1) is 6.54 Å². The van der Waals surface area contributed by atoms with Crippen LogP contribution in [0.15, 0.2) is 4.79 Å². The molecule has 0 fully saturated rings. The molecular formula is C7H8ClN3O. The maximum Gasteiger partial charge on any atom is 0.347 e. The molecule has 1 rings (SSSR count). The fourth-order valence-corrected chi connectivity index (χ4v) is 1.06. The zero-order valence-corrected chi connectivity index (χ0v) is 7.38. The van der Waals surface area contributed by atoms with Crippen LogP contribution in [0.3, 0.4) is 0 Å². The lowest BCUT2D eigenvalue weighted by molar-refractivity contribution is 0.685. The standard InChI is InChI=1S/C7H8ClN3O/c1-3-4-10-6(2)9-11(5-8)7(10)12/h1H,4-5H2,2H3. The van der Waals surface area contributed by atoms with E-state index in [0.29, 0.717) is 5.82 Å². The van der Waals surface area contributed by atoms with Crippen molar-refractivity contribution in [3.8, 4) is 12.3 Å². The number of aromatic nitrogens is 3. The molecule has 0 unspecified atom stereocenters. The highest BCUT2D eigenvalue weighted by molar-refractivity contribution is 6.15. The van der Waals surface area contributed by atoms with Gasteiger partial charge in [-0.25, -0.2) is 4.79 Å². The zero-order valence-electron chi connectivity index (χ0n) is 6.62. The van der Waals surface area contributed by atoms with E-state index in [2.05, 4.69) is 11.0 Å². The molecule has 0 atom stereocenters. The summed E-state index contributed by atoms with van der Waals surface area (Å²) in [5.41, 5.74) is -0.263. The summed E-state index contributed by atoms with van der Waals surface area (Å²) >= 11 is 5.45. The topological polar surface area (TPSA) is 39.8 Å². The van der Waals surface area contributed by atoms with Crippen molar-refractivity contribution < 1.29 is 0 Å². The third-order valence-corrected chi connectivity index (χ3v) is 1.70. The fourth-order valence-electron chi connectivity index (χ4n) is 0.900. The van der Waals surface area contributed by atoms with Crippen LogP contribution >= 0.6 is 11.6 Å². The lowest BCUT2D eigenvalue weighted by Gasteiger charge is -1.92. The normalized spacial score (nSPS) is 9.75. The molecule has 4 nitrogen and oxygen atoms in total. The molecule has 0 saturated carbocycles. The molecule has 1 aromatic rings. The van der Waals surface area contributed by atoms with E-state index in [1.807, 2.05) is 0 Å². The molecule has 0 N–H and O–H groups in total. The van der Waals surface area contributed by atoms with Crippen molar-refractivity contribution in [1.82, 2.24) is 14.3 Å². The van der Waals surface area contributed by atoms with Gasteiger partial charge in [0.2, 0.25) is 0 Å². The van der Waals surface area contributed by atoms with E-state index in [9.17, 15) is 4.79 Å². The van der Waals surface area contributed by atoms with E-state index in [4.69, 9.17) is 18.0 Å². The molecule has 0 radical (unpaired) electrons. The number of alkyl halides is 1. The number of aryl methyl sites for hydroxylation is 1. The van der Waals surface area contributed by atoms with Crippen LogP contribution in [0.4, 0.5) is 0 Å². The van der Waals surface area contributed by atoms with E-state index in [1.54, 1.807) is 6.92 Å². The Hall–Kier alpha value is -1.21. The molecule has 64 valence electrons. The van der Waals surface area contributed by atoms with Crippen LogP contribution in [-0.2, 0) is 12.5 Å². The first-order valence-electron chi connectivity index (χ1n) is 3.34. The summed E-state index contributed by atoms with van der Waals surface area (Å²) in [5.74, 6) is 2.95. The fraction of sp³-hybridized carbons (Fsp3) is 0.429. The van der Waals surface area contributed by atoms with Gasteiger partial charge in [-0.05, 0) is 6.92 Å². The van der Waals surface area contributed by atoms with E-state index in [-0.39, 0.29) is 18.2 Å². The minimum atomic E-state index is -0.263. The van der Waals surface area contributed by atoms with Crippen molar-refractivity contribution in [2.75, 3.05) is 0 Å². The van der Waals surface area contributed by atoms with E-state index >= 15 is 0 Å². The molecular weight excluding hydrogens is 178 g/mol. The second kappa shape index (κ2) is 3.46. The van der Waals surface area contributed by atoms with Crippen molar-refractivity contribution in [3.63, 3.8) is 0 Å². The first-order chi connectivity index (χ1) is 5.70. The second-order valence-electron chi connectivity index (χ2n) is 2.24. The Kier molecular flexibility index (Phi) is 2.56. The Bertz CT molecular complexity index is 371. The van der Waals surface area contributed by atoms with Crippen molar-refractivity contribution in [1.29, 1.82) is 0 Å². The quantitative estimate of drug-likeness (QED) is 0.487. The molecule has 1 aromatic heterocycles. The molecule has 0 aliphatic rings. The van der Waals surface area contributed by atoms with Gasteiger partial charge in [-0.2, -0.15) is 9.78 Å². The van der Waals surface area contributed by atoms with E-state index in [0.717, 1.165) is 4.68 Å². The molecule has 12 heavy (non-hydrogen) atoms. The van der Waals surface area contributed by atoms with Gasteiger partial charge in [-0.3, -0.25) is 4.57 Å². The summed E-state index contributed by atoms with van der Waals surface area (Å²) in [6.07, 6.45) is 5.07. The Labute approximate surface area is 74.8 Å². The number of halogens is 1. The van der Waals surface area contributed by atoms with E-state index < -0.39 is 0 Å². The van der Waals surface area contributed by atoms with Gasteiger partial charge in [-0.1, -0.05) is 5.92 Å². The van der Waals surface area contributed by atoms with Crippen molar-refractivity contribution >= 4 is 11.6 Å². The van der Waals surface area contributed by atoms with Crippen molar-refractivity contribution in [2.24, 2.45) is 0 Å². The minimum Gasteiger partial charge on any atom is -0.267 e. The van der Waals surface area contributed by atoms with Crippen LogP contribution in [0.5, 0.6) is 0 Å². The Morgan fingerprint density at radius 2 is 2.42 bits per heavy atom. The molecule has 0 aliphatic carbocycles. The summed E-state index contributed by atoms with van der Waals surface area (Å²) in [4.78, 5) is 11.3. The summed E-state index contributed by atoms with van der Waals surface area (Å²) in [6, 6.07) is 0.0528.